The molecule has 1 aliphatic heterocycles. The van der Waals surface area contributed by atoms with Crippen LogP contribution in [0.1, 0.15) is 31.6 Å². The van der Waals surface area contributed by atoms with E-state index < -0.39 is 6.23 Å². The van der Waals surface area contributed by atoms with Crippen LogP contribution >= 0.6 is 23.4 Å². The van der Waals surface area contributed by atoms with Crippen LogP contribution in [-0.4, -0.2) is 20.9 Å². The molecule has 0 aliphatic carbocycles. The predicted octanol–water partition coefficient (Wildman–Crippen LogP) is 5.59. The van der Waals surface area contributed by atoms with Crippen molar-refractivity contribution < 1.29 is 4.74 Å². The van der Waals surface area contributed by atoms with Crippen molar-refractivity contribution in [1.29, 1.82) is 0 Å². The second-order valence-electron chi connectivity index (χ2n) is 6.19. The second-order valence-corrected chi connectivity index (χ2v) is 7.69. The van der Waals surface area contributed by atoms with Gasteiger partial charge in [-0.15, -0.1) is 10.2 Å². The quantitative estimate of drug-likeness (QED) is 0.446. The van der Waals surface area contributed by atoms with E-state index in [0.717, 1.165) is 35.4 Å². The molecule has 138 valence electrons. The van der Waals surface area contributed by atoms with Crippen LogP contribution in [-0.2, 0) is 0 Å². The number of nitrogens with one attached hydrogen (secondary N) is 1. The van der Waals surface area contributed by atoms with E-state index in [9.17, 15) is 0 Å². The Hall–Kier alpha value is -2.31. The largest absolute Gasteiger partial charge is 0.448 e. The molecule has 1 N–H and O–H groups in total. The molecule has 3 aromatic rings. The highest BCUT2D eigenvalue weighted by atomic mass is 35.5. The normalized spacial score (nSPS) is 15.1. The average molecular weight is 399 g/mol. The zero-order chi connectivity index (χ0) is 18.6. The summed E-state index contributed by atoms with van der Waals surface area (Å²) in [5.74, 6) is 1.44. The van der Waals surface area contributed by atoms with Crippen LogP contribution < -0.4 is 10.1 Å². The monoisotopic (exact) mass is 398 g/mol. The standard InChI is InChI=1S/C20H19ClN4OS/c1-2-3-11-27-20-23-19-17(24-25-20)15-9-4-5-10-16(15)22-18(26-19)13-7-6-8-14(21)12-13/h4-10,12,18,22H,2-3,11H2,1H3. The maximum Gasteiger partial charge on any atom is 0.247 e. The average Bonchev–Trinajstić information content (AvgIpc) is 2.85. The van der Waals surface area contributed by atoms with Crippen molar-refractivity contribution in [2.45, 2.75) is 31.1 Å². The molecule has 2 heterocycles. The fourth-order valence-corrected chi connectivity index (χ4v) is 3.90. The van der Waals surface area contributed by atoms with Crippen molar-refractivity contribution in [3.05, 3.63) is 59.1 Å². The fraction of sp³-hybridized carbons (Fsp3) is 0.250. The van der Waals surface area contributed by atoms with Crippen LogP contribution in [0.4, 0.5) is 5.69 Å². The van der Waals surface area contributed by atoms with Crippen molar-refractivity contribution in [1.82, 2.24) is 15.2 Å². The third kappa shape index (κ3) is 4.01. The number of para-hydroxylation sites is 1. The molecular weight excluding hydrogens is 380 g/mol. The Morgan fingerprint density at radius 2 is 2.04 bits per heavy atom. The van der Waals surface area contributed by atoms with Gasteiger partial charge in [-0.1, -0.05) is 67.0 Å². The molecule has 1 unspecified atom stereocenters. The van der Waals surface area contributed by atoms with Crippen molar-refractivity contribution in [2.24, 2.45) is 0 Å². The third-order valence-corrected chi connectivity index (χ3v) is 5.37. The molecule has 0 saturated carbocycles. The van der Waals surface area contributed by atoms with E-state index in [1.165, 1.54) is 0 Å². The lowest BCUT2D eigenvalue weighted by Crippen LogP contribution is -2.17. The fourth-order valence-electron chi connectivity index (χ4n) is 2.84. The van der Waals surface area contributed by atoms with Gasteiger partial charge >= 0.3 is 0 Å². The summed E-state index contributed by atoms with van der Waals surface area (Å²) < 4.78 is 6.23. The molecule has 4 rings (SSSR count). The summed E-state index contributed by atoms with van der Waals surface area (Å²) in [6.07, 6.45) is 1.83. The minimum absolute atomic E-state index is 0.420. The van der Waals surface area contributed by atoms with Gasteiger partial charge in [0, 0.05) is 27.6 Å². The van der Waals surface area contributed by atoms with Crippen LogP contribution in [0.2, 0.25) is 5.02 Å². The second kappa shape index (κ2) is 8.15. The Balaban J connectivity index is 1.74. The van der Waals surface area contributed by atoms with E-state index >= 15 is 0 Å². The number of fused-ring (bicyclic) bond motifs is 3. The minimum Gasteiger partial charge on any atom is -0.448 e. The van der Waals surface area contributed by atoms with Crippen molar-refractivity contribution in [3.63, 3.8) is 0 Å². The Kier molecular flexibility index (Phi) is 5.45. The van der Waals surface area contributed by atoms with Gasteiger partial charge in [-0.2, -0.15) is 4.98 Å². The Labute approximate surface area is 167 Å². The van der Waals surface area contributed by atoms with Gasteiger partial charge in [-0.3, -0.25) is 0 Å². The first-order valence-electron chi connectivity index (χ1n) is 8.90. The maximum absolute atomic E-state index is 6.23. The Morgan fingerprint density at radius 1 is 1.15 bits per heavy atom. The van der Waals surface area contributed by atoms with Gasteiger partial charge in [0.2, 0.25) is 11.0 Å². The Bertz CT molecular complexity index is 953. The third-order valence-electron chi connectivity index (χ3n) is 4.21. The molecule has 2 aromatic carbocycles. The number of benzene rings is 2. The summed E-state index contributed by atoms with van der Waals surface area (Å²) in [6, 6.07) is 15.5. The molecule has 1 atom stereocenters. The van der Waals surface area contributed by atoms with Crippen LogP contribution in [0.5, 0.6) is 5.88 Å². The van der Waals surface area contributed by atoms with Crippen molar-refractivity contribution in [2.75, 3.05) is 11.1 Å². The van der Waals surface area contributed by atoms with E-state index in [4.69, 9.17) is 16.3 Å². The highest BCUT2D eigenvalue weighted by molar-refractivity contribution is 7.99. The van der Waals surface area contributed by atoms with Gasteiger partial charge in [0.25, 0.3) is 0 Å². The summed E-state index contributed by atoms with van der Waals surface area (Å²) in [4.78, 5) is 4.64. The summed E-state index contributed by atoms with van der Waals surface area (Å²) in [5.41, 5.74) is 3.40. The van der Waals surface area contributed by atoms with E-state index in [0.29, 0.717) is 21.8 Å². The van der Waals surface area contributed by atoms with Gasteiger partial charge in [0.1, 0.15) is 0 Å². The number of aromatic nitrogens is 3. The molecule has 1 aliphatic rings. The van der Waals surface area contributed by atoms with E-state index in [2.05, 4.69) is 27.4 Å². The van der Waals surface area contributed by atoms with Gasteiger partial charge < -0.3 is 10.1 Å². The molecule has 27 heavy (non-hydrogen) atoms. The van der Waals surface area contributed by atoms with Gasteiger partial charge in [-0.25, -0.2) is 0 Å². The lowest BCUT2D eigenvalue weighted by atomic mass is 10.1. The highest BCUT2D eigenvalue weighted by Gasteiger charge is 2.26. The van der Waals surface area contributed by atoms with Crippen LogP contribution in [0, 0.1) is 0 Å². The van der Waals surface area contributed by atoms with Crippen LogP contribution in [0.3, 0.4) is 0 Å². The number of hydrogen-bond acceptors (Lipinski definition) is 6. The topological polar surface area (TPSA) is 59.9 Å². The van der Waals surface area contributed by atoms with Crippen LogP contribution in [0.25, 0.3) is 11.3 Å². The molecule has 5 nitrogen and oxygen atoms in total. The number of nitrogens with zero attached hydrogens (tertiary/aromatic N) is 3. The molecular formula is C20H19ClN4OS. The zero-order valence-corrected chi connectivity index (χ0v) is 16.4. The number of hydrogen-bond donors (Lipinski definition) is 1. The van der Waals surface area contributed by atoms with Crippen molar-refractivity contribution >= 4 is 29.1 Å². The number of halogens is 1. The zero-order valence-electron chi connectivity index (χ0n) is 14.9. The summed E-state index contributed by atoms with van der Waals surface area (Å²) >= 11 is 7.78. The predicted molar refractivity (Wildman–Crippen MR) is 109 cm³/mol. The minimum atomic E-state index is -0.420. The number of rotatable bonds is 5. The molecule has 1 aromatic heterocycles. The molecule has 7 heteroatoms. The Morgan fingerprint density at radius 3 is 2.89 bits per heavy atom. The smallest absolute Gasteiger partial charge is 0.247 e. The number of unbranched alkanes of at least 4 members (excludes halogenated alkanes) is 1. The number of ether oxygens (including phenoxy) is 1. The van der Waals surface area contributed by atoms with Gasteiger partial charge in [0.15, 0.2) is 11.9 Å². The summed E-state index contributed by atoms with van der Waals surface area (Å²) in [5, 5.41) is 13.4. The van der Waals surface area contributed by atoms with Crippen molar-refractivity contribution in [3.8, 4) is 17.1 Å². The van der Waals surface area contributed by atoms with Gasteiger partial charge in [0.05, 0.1) is 0 Å². The SMILES string of the molecule is CCCCSc1nnc2c(n1)OC(c1cccc(Cl)c1)Nc1ccccc1-2. The number of anilines is 1. The van der Waals surface area contributed by atoms with Crippen LogP contribution in [0.15, 0.2) is 53.7 Å². The first kappa shape index (κ1) is 18.1. The molecule has 0 spiro atoms. The van der Waals surface area contributed by atoms with E-state index in [1.807, 2.05) is 48.5 Å². The summed E-state index contributed by atoms with van der Waals surface area (Å²) in [7, 11) is 0. The molecule has 0 amide bonds. The lowest BCUT2D eigenvalue weighted by molar-refractivity contribution is 0.225. The first-order chi connectivity index (χ1) is 13.2. The van der Waals surface area contributed by atoms with E-state index in [-0.39, 0.29) is 0 Å². The molecule has 0 saturated heterocycles. The number of thioether (sulfide) groups is 1. The lowest BCUT2D eigenvalue weighted by Gasteiger charge is -2.19. The first-order valence-corrected chi connectivity index (χ1v) is 10.3. The highest BCUT2D eigenvalue weighted by Crippen LogP contribution is 2.39. The molecule has 0 bridgehead atoms. The van der Waals surface area contributed by atoms with Gasteiger partial charge in [-0.05, 0) is 24.6 Å². The maximum atomic E-state index is 6.23. The van der Waals surface area contributed by atoms with E-state index in [1.54, 1.807) is 11.8 Å². The molecule has 0 fully saturated rings. The molecule has 0 radical (unpaired) electrons. The summed E-state index contributed by atoms with van der Waals surface area (Å²) in [6.45, 7) is 2.16.